The maximum Gasteiger partial charge on any atom is 0.239 e. The summed E-state index contributed by atoms with van der Waals surface area (Å²) in [5.74, 6) is 1.10. The summed E-state index contributed by atoms with van der Waals surface area (Å²) in [6, 6.07) is 10.1. The molecule has 0 radical (unpaired) electrons. The molecule has 0 aliphatic carbocycles. The van der Waals surface area contributed by atoms with Crippen LogP contribution in [0.2, 0.25) is 0 Å². The monoisotopic (exact) mass is 458 g/mol. The number of aromatic nitrogens is 1. The second-order valence-electron chi connectivity index (χ2n) is 6.55. The lowest BCUT2D eigenvalue weighted by Gasteiger charge is -2.15. The van der Waals surface area contributed by atoms with E-state index in [9.17, 15) is 9.59 Å². The van der Waals surface area contributed by atoms with Gasteiger partial charge in [0.25, 0.3) is 0 Å². The lowest BCUT2D eigenvalue weighted by molar-refractivity contribution is -0.127. The molecular weight excluding hydrogens is 431 g/mol. The molecule has 4 N–H and O–H groups in total. The summed E-state index contributed by atoms with van der Waals surface area (Å²) >= 11 is 0. The molecule has 166 valence electrons. The Hall–Kier alpha value is -2.55. The lowest BCUT2D eigenvalue weighted by Crippen LogP contribution is -2.47. The molecule has 0 saturated carbocycles. The van der Waals surface area contributed by atoms with Crippen LogP contribution >= 0.6 is 24.8 Å². The highest BCUT2D eigenvalue weighted by molar-refractivity contribution is 5.87. The molecular formula is C20H28Cl2N4O4. The number of rotatable bonds is 9. The Kier molecular flexibility index (Phi) is 12.5. The molecule has 1 aromatic carbocycles. The van der Waals surface area contributed by atoms with Gasteiger partial charge in [-0.1, -0.05) is 26.0 Å². The summed E-state index contributed by atoms with van der Waals surface area (Å²) in [5, 5.41) is 5.24. The zero-order valence-electron chi connectivity index (χ0n) is 17.1. The third-order valence-electron chi connectivity index (χ3n) is 4.00. The first kappa shape index (κ1) is 27.5. The van der Waals surface area contributed by atoms with Crippen LogP contribution < -0.4 is 25.8 Å². The molecule has 30 heavy (non-hydrogen) atoms. The van der Waals surface area contributed by atoms with E-state index in [-0.39, 0.29) is 55.6 Å². The summed E-state index contributed by atoms with van der Waals surface area (Å²) < 4.78 is 10.8. The van der Waals surface area contributed by atoms with Crippen molar-refractivity contribution in [3.05, 3.63) is 48.2 Å². The van der Waals surface area contributed by atoms with Gasteiger partial charge in [0.1, 0.15) is 11.5 Å². The number of carbonyl (C=O) groups excluding carboxylic acids is 2. The van der Waals surface area contributed by atoms with E-state index in [0.717, 1.165) is 5.56 Å². The Bertz CT molecular complexity index is 804. The molecule has 0 unspecified atom stereocenters. The van der Waals surface area contributed by atoms with E-state index in [2.05, 4.69) is 15.6 Å². The number of carbonyl (C=O) groups is 2. The van der Waals surface area contributed by atoms with Gasteiger partial charge in [-0.2, -0.15) is 0 Å². The molecule has 1 atom stereocenters. The molecule has 2 rings (SSSR count). The SMILES string of the molecule is COc1cccc(Oc2ccc(CNC(=O)CNC(=O)[C@@H](N)C(C)C)cn2)c1.Cl.Cl. The van der Waals surface area contributed by atoms with Gasteiger partial charge in [-0.25, -0.2) is 4.98 Å². The van der Waals surface area contributed by atoms with Gasteiger partial charge < -0.3 is 25.8 Å². The Morgan fingerprint density at radius 1 is 1.10 bits per heavy atom. The first-order valence-electron chi connectivity index (χ1n) is 8.96. The number of ether oxygens (including phenoxy) is 2. The van der Waals surface area contributed by atoms with E-state index in [4.69, 9.17) is 15.2 Å². The number of nitrogens with zero attached hydrogens (tertiary/aromatic N) is 1. The lowest BCUT2D eigenvalue weighted by atomic mass is 10.1. The van der Waals surface area contributed by atoms with Crippen LogP contribution in [0.4, 0.5) is 0 Å². The standard InChI is InChI=1S/C20H26N4O4.2ClH/c1-13(2)19(21)20(26)24-12-17(25)22-10-14-7-8-18(23-11-14)28-16-6-4-5-15(9-16)27-3;;/h4-9,11,13,19H,10,12,21H2,1-3H3,(H,22,25)(H,24,26);2*1H/t19-;;/m0../s1. The van der Waals surface area contributed by atoms with Crippen LogP contribution in [0.25, 0.3) is 0 Å². The van der Waals surface area contributed by atoms with Crippen molar-refractivity contribution in [3.8, 4) is 17.4 Å². The summed E-state index contributed by atoms with van der Waals surface area (Å²) in [6.45, 7) is 3.86. The van der Waals surface area contributed by atoms with Gasteiger partial charge in [-0.15, -0.1) is 24.8 Å². The number of amides is 2. The normalized spacial score (nSPS) is 10.8. The Labute approximate surface area is 188 Å². The van der Waals surface area contributed by atoms with E-state index >= 15 is 0 Å². The number of nitrogens with two attached hydrogens (primary N) is 1. The van der Waals surface area contributed by atoms with E-state index in [1.54, 1.807) is 37.6 Å². The molecule has 0 bridgehead atoms. The number of nitrogens with one attached hydrogen (secondary N) is 2. The minimum atomic E-state index is -0.630. The van der Waals surface area contributed by atoms with Gasteiger partial charge in [-0.3, -0.25) is 9.59 Å². The van der Waals surface area contributed by atoms with E-state index in [1.807, 2.05) is 26.0 Å². The third-order valence-corrected chi connectivity index (χ3v) is 4.00. The quantitative estimate of drug-likeness (QED) is 0.531. The Morgan fingerprint density at radius 2 is 1.80 bits per heavy atom. The van der Waals surface area contributed by atoms with Crippen molar-refractivity contribution in [2.45, 2.75) is 26.4 Å². The van der Waals surface area contributed by atoms with Gasteiger partial charge in [0.15, 0.2) is 0 Å². The van der Waals surface area contributed by atoms with E-state index in [0.29, 0.717) is 17.4 Å². The van der Waals surface area contributed by atoms with Crippen molar-refractivity contribution in [1.29, 1.82) is 0 Å². The molecule has 0 spiro atoms. The highest BCUT2D eigenvalue weighted by Gasteiger charge is 2.17. The fraction of sp³-hybridized carbons (Fsp3) is 0.350. The van der Waals surface area contributed by atoms with Crippen molar-refractivity contribution in [2.24, 2.45) is 11.7 Å². The third kappa shape index (κ3) is 8.86. The predicted octanol–water partition coefficient (Wildman–Crippen LogP) is 2.44. The molecule has 2 amide bonds. The maximum absolute atomic E-state index is 11.9. The van der Waals surface area contributed by atoms with Crippen LogP contribution in [0.1, 0.15) is 19.4 Å². The molecule has 0 aliphatic heterocycles. The molecule has 2 aromatic rings. The molecule has 0 saturated heterocycles. The smallest absolute Gasteiger partial charge is 0.239 e. The topological polar surface area (TPSA) is 116 Å². The van der Waals surface area contributed by atoms with Crippen LogP contribution in [0, 0.1) is 5.92 Å². The first-order valence-corrected chi connectivity index (χ1v) is 8.96. The van der Waals surface area contributed by atoms with Crippen LogP contribution in [0.5, 0.6) is 17.4 Å². The van der Waals surface area contributed by atoms with Crippen molar-refractivity contribution < 1.29 is 19.1 Å². The molecule has 1 aromatic heterocycles. The predicted molar refractivity (Wildman–Crippen MR) is 119 cm³/mol. The highest BCUT2D eigenvalue weighted by Crippen LogP contribution is 2.23. The number of pyridine rings is 1. The first-order chi connectivity index (χ1) is 13.4. The zero-order chi connectivity index (χ0) is 20.5. The molecule has 10 heteroatoms. The minimum absolute atomic E-state index is 0. The number of hydrogen-bond acceptors (Lipinski definition) is 6. The van der Waals surface area contributed by atoms with Gasteiger partial charge in [0.05, 0.1) is 19.7 Å². The Morgan fingerprint density at radius 3 is 2.40 bits per heavy atom. The van der Waals surface area contributed by atoms with E-state index < -0.39 is 6.04 Å². The number of benzene rings is 1. The van der Waals surface area contributed by atoms with Gasteiger partial charge in [0.2, 0.25) is 17.7 Å². The summed E-state index contributed by atoms with van der Waals surface area (Å²) in [7, 11) is 1.59. The largest absolute Gasteiger partial charge is 0.497 e. The van der Waals surface area contributed by atoms with Crippen LogP contribution in [0.3, 0.4) is 0 Å². The zero-order valence-corrected chi connectivity index (χ0v) is 18.7. The Balaban J connectivity index is 0.00000420. The van der Waals surface area contributed by atoms with Gasteiger partial charge in [-0.05, 0) is 23.6 Å². The molecule has 8 nitrogen and oxygen atoms in total. The van der Waals surface area contributed by atoms with Crippen LogP contribution in [-0.2, 0) is 16.1 Å². The maximum atomic E-state index is 11.9. The molecule has 1 heterocycles. The second kappa shape index (κ2) is 13.6. The van der Waals surface area contributed by atoms with Crippen molar-refractivity contribution in [3.63, 3.8) is 0 Å². The van der Waals surface area contributed by atoms with Crippen LogP contribution in [-0.4, -0.2) is 36.5 Å². The summed E-state index contributed by atoms with van der Waals surface area (Å²) in [4.78, 5) is 27.8. The minimum Gasteiger partial charge on any atom is -0.497 e. The average molecular weight is 459 g/mol. The fourth-order valence-corrected chi connectivity index (χ4v) is 2.21. The molecule has 0 fully saturated rings. The second-order valence-corrected chi connectivity index (χ2v) is 6.55. The van der Waals surface area contributed by atoms with Crippen molar-refractivity contribution in [1.82, 2.24) is 15.6 Å². The fourth-order valence-electron chi connectivity index (χ4n) is 2.21. The van der Waals surface area contributed by atoms with Gasteiger partial charge >= 0.3 is 0 Å². The number of methoxy groups -OCH3 is 1. The summed E-state index contributed by atoms with van der Waals surface area (Å²) in [5.41, 5.74) is 6.53. The van der Waals surface area contributed by atoms with Crippen molar-refractivity contribution >= 4 is 36.6 Å². The van der Waals surface area contributed by atoms with Crippen molar-refractivity contribution in [2.75, 3.05) is 13.7 Å². The number of hydrogen-bond donors (Lipinski definition) is 3. The highest BCUT2D eigenvalue weighted by atomic mass is 35.5. The van der Waals surface area contributed by atoms with Crippen LogP contribution in [0.15, 0.2) is 42.6 Å². The van der Waals surface area contributed by atoms with E-state index in [1.165, 1.54) is 0 Å². The summed E-state index contributed by atoms with van der Waals surface area (Å²) in [6.07, 6.45) is 1.61. The number of halogens is 2. The van der Waals surface area contributed by atoms with Gasteiger partial charge in [0, 0.05) is 24.9 Å². The average Bonchev–Trinajstić information content (AvgIpc) is 2.70. The molecule has 0 aliphatic rings.